The number of ketones is 1. The third kappa shape index (κ3) is 3.65. The Labute approximate surface area is 120 Å². The highest BCUT2D eigenvalue weighted by Crippen LogP contribution is 2.15. The Bertz CT molecular complexity index is 578. The molecular formula is C14H20N2O3S. The van der Waals surface area contributed by atoms with E-state index in [2.05, 4.69) is 4.83 Å². The van der Waals surface area contributed by atoms with Crippen LogP contribution in [0.3, 0.4) is 0 Å². The van der Waals surface area contributed by atoms with E-state index < -0.39 is 10.0 Å². The summed E-state index contributed by atoms with van der Waals surface area (Å²) in [6, 6.07) is 6.20. The number of Topliss-reactive ketones (excluding diaryl/α,β-unsaturated/α-hetero) is 1. The number of nitrogens with zero attached hydrogens (tertiary/aromatic N) is 1. The summed E-state index contributed by atoms with van der Waals surface area (Å²) in [5.41, 5.74) is 0.439. The SMILES string of the molecule is CCC(=O)c1cccc(S(=O)(=O)NN2CCCCC2)c1. The molecule has 5 nitrogen and oxygen atoms in total. The van der Waals surface area contributed by atoms with Crippen LogP contribution in [-0.2, 0) is 10.0 Å². The van der Waals surface area contributed by atoms with E-state index in [1.807, 2.05) is 0 Å². The van der Waals surface area contributed by atoms with Gasteiger partial charge in [0.15, 0.2) is 5.78 Å². The Hall–Kier alpha value is -1.24. The minimum atomic E-state index is -3.60. The van der Waals surface area contributed by atoms with Gasteiger partial charge in [-0.1, -0.05) is 25.5 Å². The lowest BCUT2D eigenvalue weighted by Crippen LogP contribution is -2.44. The number of hydrogen-bond donors (Lipinski definition) is 1. The van der Waals surface area contributed by atoms with Crippen LogP contribution in [0, 0.1) is 0 Å². The molecule has 0 atom stereocenters. The van der Waals surface area contributed by atoms with Crippen molar-refractivity contribution >= 4 is 15.8 Å². The highest BCUT2D eigenvalue weighted by molar-refractivity contribution is 7.89. The van der Waals surface area contributed by atoms with Crippen LogP contribution in [-0.4, -0.2) is 32.3 Å². The van der Waals surface area contributed by atoms with Gasteiger partial charge in [0.1, 0.15) is 0 Å². The molecule has 1 aliphatic rings. The number of carbonyl (C=O) groups is 1. The maximum absolute atomic E-state index is 12.3. The van der Waals surface area contributed by atoms with Crippen LogP contribution >= 0.6 is 0 Å². The van der Waals surface area contributed by atoms with Gasteiger partial charge in [0, 0.05) is 25.1 Å². The number of rotatable bonds is 5. The summed E-state index contributed by atoms with van der Waals surface area (Å²) >= 11 is 0. The van der Waals surface area contributed by atoms with Crippen LogP contribution in [0.2, 0.25) is 0 Å². The molecule has 1 N–H and O–H groups in total. The number of hydrazine groups is 1. The molecule has 0 spiro atoms. The minimum absolute atomic E-state index is 0.0555. The summed E-state index contributed by atoms with van der Waals surface area (Å²) in [5.74, 6) is -0.0555. The van der Waals surface area contributed by atoms with Crippen LogP contribution < -0.4 is 4.83 Å². The molecule has 1 aromatic carbocycles. The van der Waals surface area contributed by atoms with Gasteiger partial charge in [0.25, 0.3) is 10.0 Å². The summed E-state index contributed by atoms with van der Waals surface area (Å²) in [5, 5.41) is 1.73. The largest absolute Gasteiger partial charge is 0.294 e. The van der Waals surface area contributed by atoms with Crippen molar-refractivity contribution in [1.82, 2.24) is 9.84 Å². The van der Waals surface area contributed by atoms with Gasteiger partial charge in [-0.3, -0.25) is 4.79 Å². The Balaban J connectivity index is 2.18. The molecule has 6 heteroatoms. The lowest BCUT2D eigenvalue weighted by Gasteiger charge is -2.26. The number of hydrogen-bond acceptors (Lipinski definition) is 4. The molecule has 0 aliphatic carbocycles. The van der Waals surface area contributed by atoms with Gasteiger partial charge in [-0.2, -0.15) is 0 Å². The first-order chi connectivity index (χ1) is 9.53. The van der Waals surface area contributed by atoms with Crippen molar-refractivity contribution in [3.05, 3.63) is 29.8 Å². The zero-order chi connectivity index (χ0) is 14.6. The van der Waals surface area contributed by atoms with Crippen LogP contribution in [0.4, 0.5) is 0 Å². The van der Waals surface area contributed by atoms with E-state index in [9.17, 15) is 13.2 Å². The summed E-state index contributed by atoms with van der Waals surface area (Å²) in [7, 11) is -3.60. The van der Waals surface area contributed by atoms with Crippen LogP contribution in [0.15, 0.2) is 29.2 Å². The standard InChI is InChI=1S/C14H20N2O3S/c1-2-14(17)12-7-6-8-13(11-12)20(18,19)15-16-9-4-3-5-10-16/h6-8,11,15H,2-5,9-10H2,1H3. The van der Waals surface area contributed by atoms with Gasteiger partial charge >= 0.3 is 0 Å². The maximum atomic E-state index is 12.3. The van der Waals surface area contributed by atoms with Crippen molar-refractivity contribution in [2.75, 3.05) is 13.1 Å². The number of benzene rings is 1. The van der Waals surface area contributed by atoms with Crippen molar-refractivity contribution in [2.45, 2.75) is 37.5 Å². The first-order valence-corrected chi connectivity index (χ1v) is 8.42. The highest BCUT2D eigenvalue weighted by atomic mass is 32.2. The van der Waals surface area contributed by atoms with Crippen LogP contribution in [0.25, 0.3) is 0 Å². The molecule has 1 aliphatic heterocycles. The van der Waals surface area contributed by atoms with Gasteiger partial charge in [-0.15, -0.1) is 4.83 Å². The fraction of sp³-hybridized carbons (Fsp3) is 0.500. The molecule has 1 saturated heterocycles. The predicted octanol–water partition coefficient (Wildman–Crippen LogP) is 1.96. The van der Waals surface area contributed by atoms with E-state index >= 15 is 0 Å². The fourth-order valence-corrected chi connectivity index (χ4v) is 3.42. The summed E-state index contributed by atoms with van der Waals surface area (Å²) in [4.78, 5) is 14.4. The first kappa shape index (κ1) is 15.2. The Morgan fingerprint density at radius 1 is 1.25 bits per heavy atom. The van der Waals surface area contributed by atoms with E-state index in [-0.39, 0.29) is 10.7 Å². The zero-order valence-electron chi connectivity index (χ0n) is 11.6. The lowest BCUT2D eigenvalue weighted by atomic mass is 10.1. The Kier molecular flexibility index (Phi) is 4.91. The summed E-state index contributed by atoms with van der Waals surface area (Å²) < 4.78 is 24.6. The van der Waals surface area contributed by atoms with Gasteiger partial charge in [0.05, 0.1) is 4.90 Å². The normalized spacial score (nSPS) is 17.1. The predicted molar refractivity (Wildman–Crippen MR) is 76.8 cm³/mol. The molecular weight excluding hydrogens is 276 g/mol. The third-order valence-corrected chi connectivity index (χ3v) is 4.77. The lowest BCUT2D eigenvalue weighted by molar-refractivity contribution is 0.0988. The summed E-state index contributed by atoms with van der Waals surface area (Å²) in [6.07, 6.45) is 3.50. The molecule has 110 valence electrons. The molecule has 0 aromatic heterocycles. The average molecular weight is 296 g/mol. The maximum Gasteiger partial charge on any atom is 0.253 e. The molecule has 1 heterocycles. The Morgan fingerprint density at radius 3 is 2.60 bits per heavy atom. The second kappa shape index (κ2) is 6.47. The second-order valence-corrected chi connectivity index (χ2v) is 6.61. The molecule has 20 heavy (non-hydrogen) atoms. The summed E-state index contributed by atoms with van der Waals surface area (Å²) in [6.45, 7) is 3.22. The van der Waals surface area contributed by atoms with Gasteiger partial charge in [0.2, 0.25) is 0 Å². The molecule has 0 unspecified atom stereocenters. The van der Waals surface area contributed by atoms with Gasteiger partial charge in [-0.05, 0) is 25.0 Å². The van der Waals surface area contributed by atoms with Crippen molar-refractivity contribution < 1.29 is 13.2 Å². The van der Waals surface area contributed by atoms with E-state index in [1.165, 1.54) is 12.1 Å². The van der Waals surface area contributed by atoms with E-state index in [0.29, 0.717) is 12.0 Å². The molecule has 0 radical (unpaired) electrons. The quantitative estimate of drug-likeness (QED) is 0.844. The van der Waals surface area contributed by atoms with E-state index in [4.69, 9.17) is 0 Å². The Morgan fingerprint density at radius 2 is 1.95 bits per heavy atom. The van der Waals surface area contributed by atoms with E-state index in [1.54, 1.807) is 24.1 Å². The monoisotopic (exact) mass is 296 g/mol. The molecule has 1 aromatic rings. The van der Waals surface area contributed by atoms with Crippen molar-refractivity contribution in [3.8, 4) is 0 Å². The fourth-order valence-electron chi connectivity index (χ4n) is 2.25. The zero-order valence-corrected chi connectivity index (χ0v) is 12.4. The molecule has 1 fully saturated rings. The number of sulfonamides is 1. The number of carbonyl (C=O) groups excluding carboxylic acids is 1. The third-order valence-electron chi connectivity index (χ3n) is 3.39. The van der Waals surface area contributed by atoms with Crippen molar-refractivity contribution in [2.24, 2.45) is 0 Å². The average Bonchev–Trinajstić information content (AvgIpc) is 2.47. The minimum Gasteiger partial charge on any atom is -0.294 e. The van der Waals surface area contributed by atoms with Crippen molar-refractivity contribution in [1.29, 1.82) is 0 Å². The van der Waals surface area contributed by atoms with Gasteiger partial charge in [-0.25, -0.2) is 13.4 Å². The molecule has 0 amide bonds. The first-order valence-electron chi connectivity index (χ1n) is 6.93. The smallest absolute Gasteiger partial charge is 0.253 e. The van der Waals surface area contributed by atoms with Crippen LogP contribution in [0.5, 0.6) is 0 Å². The van der Waals surface area contributed by atoms with Crippen molar-refractivity contribution in [3.63, 3.8) is 0 Å². The molecule has 0 bridgehead atoms. The molecule has 2 rings (SSSR count). The van der Waals surface area contributed by atoms with E-state index in [0.717, 1.165) is 32.4 Å². The second-order valence-electron chi connectivity index (χ2n) is 4.95. The van der Waals surface area contributed by atoms with Crippen LogP contribution in [0.1, 0.15) is 43.0 Å². The number of nitrogens with one attached hydrogen (secondary N) is 1. The number of piperidine rings is 1. The highest BCUT2D eigenvalue weighted by Gasteiger charge is 2.20. The van der Waals surface area contributed by atoms with Gasteiger partial charge < -0.3 is 0 Å². The topological polar surface area (TPSA) is 66.5 Å². The molecule has 0 saturated carbocycles.